The van der Waals surface area contributed by atoms with E-state index in [2.05, 4.69) is 35.6 Å². The molecule has 0 aliphatic heterocycles. The molecule has 0 spiro atoms. The zero-order valence-corrected chi connectivity index (χ0v) is 9.84. The number of rotatable bonds is 2. The maximum atomic E-state index is 6.08. The van der Waals surface area contributed by atoms with E-state index in [0.29, 0.717) is 0 Å². The maximum Gasteiger partial charge on any atom is 0.0823 e. The number of nitrogens with zero attached hydrogens (tertiary/aromatic N) is 2. The highest BCUT2D eigenvalue weighted by molar-refractivity contribution is 5.24. The summed E-state index contributed by atoms with van der Waals surface area (Å²) in [5.74, 6) is 0. The van der Waals surface area contributed by atoms with Gasteiger partial charge in [-0.1, -0.05) is 30.3 Å². The molecule has 88 valence electrons. The average molecular weight is 227 g/mol. The molecule has 17 heavy (non-hydrogen) atoms. The van der Waals surface area contributed by atoms with Gasteiger partial charge in [0.1, 0.15) is 0 Å². The van der Waals surface area contributed by atoms with Crippen LogP contribution in [0, 0.1) is 0 Å². The Kier molecular flexibility index (Phi) is 2.69. The minimum absolute atomic E-state index is 0.135. The fraction of sp³-hybridized carbons (Fsp3) is 0.357. The zero-order valence-electron chi connectivity index (χ0n) is 9.84. The van der Waals surface area contributed by atoms with Crippen molar-refractivity contribution in [2.45, 2.75) is 31.8 Å². The Morgan fingerprint density at radius 1 is 1.29 bits per heavy atom. The van der Waals surface area contributed by atoms with Crippen molar-refractivity contribution in [1.82, 2.24) is 9.78 Å². The van der Waals surface area contributed by atoms with Gasteiger partial charge in [0, 0.05) is 12.2 Å². The lowest BCUT2D eigenvalue weighted by Gasteiger charge is -2.15. The summed E-state index contributed by atoms with van der Waals surface area (Å²) in [4.78, 5) is 0. The third-order valence-corrected chi connectivity index (χ3v) is 3.37. The first-order valence-electron chi connectivity index (χ1n) is 6.18. The molecule has 3 rings (SSSR count). The Morgan fingerprint density at radius 3 is 2.88 bits per heavy atom. The molecule has 0 saturated carbocycles. The third kappa shape index (κ3) is 2.11. The van der Waals surface area contributed by atoms with Gasteiger partial charge in [-0.05, 0) is 30.4 Å². The molecular weight excluding hydrogens is 210 g/mol. The minimum Gasteiger partial charge on any atom is -0.323 e. The van der Waals surface area contributed by atoms with Crippen LogP contribution in [0.2, 0.25) is 0 Å². The Balaban J connectivity index is 1.85. The number of benzene rings is 1. The first-order chi connectivity index (χ1) is 8.33. The molecule has 1 atom stereocenters. The van der Waals surface area contributed by atoms with Crippen LogP contribution in [-0.2, 0) is 13.0 Å². The average Bonchev–Trinajstić information content (AvgIpc) is 2.74. The van der Waals surface area contributed by atoms with E-state index >= 15 is 0 Å². The molecule has 0 radical (unpaired) electrons. The van der Waals surface area contributed by atoms with Crippen LogP contribution in [0.5, 0.6) is 0 Å². The predicted molar refractivity (Wildman–Crippen MR) is 67.6 cm³/mol. The van der Waals surface area contributed by atoms with Crippen LogP contribution in [0.15, 0.2) is 36.5 Å². The molecule has 1 aromatic heterocycles. The van der Waals surface area contributed by atoms with Crippen molar-refractivity contribution in [3.63, 3.8) is 0 Å². The van der Waals surface area contributed by atoms with Crippen LogP contribution in [0.3, 0.4) is 0 Å². The highest BCUT2D eigenvalue weighted by Crippen LogP contribution is 2.26. The standard InChI is InChI=1S/C14H17N3/c15-13-8-4-7-12-10-17(16-14(12)13)9-11-5-2-1-3-6-11/h1-3,5-6,10,13H,4,7-9,15H2. The van der Waals surface area contributed by atoms with Crippen molar-refractivity contribution in [3.05, 3.63) is 53.3 Å². The molecule has 0 bridgehead atoms. The van der Waals surface area contributed by atoms with Crippen LogP contribution in [0.1, 0.15) is 35.7 Å². The van der Waals surface area contributed by atoms with E-state index in [-0.39, 0.29) is 6.04 Å². The van der Waals surface area contributed by atoms with Crippen LogP contribution < -0.4 is 5.73 Å². The molecule has 0 fully saturated rings. The fourth-order valence-electron chi connectivity index (χ4n) is 2.48. The number of nitrogens with two attached hydrogens (primary N) is 1. The van der Waals surface area contributed by atoms with E-state index in [1.807, 2.05) is 10.7 Å². The lowest BCUT2D eigenvalue weighted by Crippen LogP contribution is -2.17. The van der Waals surface area contributed by atoms with Crippen molar-refractivity contribution in [3.8, 4) is 0 Å². The molecular formula is C14H17N3. The number of hydrogen-bond donors (Lipinski definition) is 1. The lowest BCUT2D eigenvalue weighted by molar-refractivity contribution is 0.549. The van der Waals surface area contributed by atoms with Gasteiger partial charge in [-0.2, -0.15) is 5.10 Å². The number of aromatic nitrogens is 2. The van der Waals surface area contributed by atoms with Gasteiger partial charge in [0.2, 0.25) is 0 Å². The second-order valence-electron chi connectivity index (χ2n) is 4.72. The largest absolute Gasteiger partial charge is 0.323 e. The minimum atomic E-state index is 0.135. The summed E-state index contributed by atoms with van der Waals surface area (Å²) in [6.45, 7) is 0.834. The Hall–Kier alpha value is -1.61. The quantitative estimate of drug-likeness (QED) is 0.855. The molecule has 3 heteroatoms. The topological polar surface area (TPSA) is 43.8 Å². The van der Waals surface area contributed by atoms with Gasteiger partial charge >= 0.3 is 0 Å². The molecule has 0 amide bonds. The molecule has 1 heterocycles. The smallest absolute Gasteiger partial charge is 0.0823 e. The predicted octanol–water partition coefficient (Wildman–Crippen LogP) is 2.27. The maximum absolute atomic E-state index is 6.08. The van der Waals surface area contributed by atoms with Gasteiger partial charge in [-0.3, -0.25) is 4.68 Å². The summed E-state index contributed by atoms with van der Waals surface area (Å²) in [5.41, 5.74) is 9.79. The molecule has 1 aromatic carbocycles. The van der Waals surface area contributed by atoms with Gasteiger partial charge < -0.3 is 5.73 Å². The van der Waals surface area contributed by atoms with E-state index < -0.39 is 0 Å². The van der Waals surface area contributed by atoms with E-state index in [1.165, 1.54) is 17.5 Å². The zero-order chi connectivity index (χ0) is 11.7. The molecule has 2 N–H and O–H groups in total. The third-order valence-electron chi connectivity index (χ3n) is 3.37. The van der Waals surface area contributed by atoms with Gasteiger partial charge in [-0.25, -0.2) is 0 Å². The molecule has 0 saturated heterocycles. The molecule has 1 aliphatic rings. The lowest BCUT2D eigenvalue weighted by atomic mass is 9.95. The van der Waals surface area contributed by atoms with Crippen molar-refractivity contribution in [1.29, 1.82) is 0 Å². The number of aryl methyl sites for hydroxylation is 1. The highest BCUT2D eigenvalue weighted by Gasteiger charge is 2.20. The van der Waals surface area contributed by atoms with Crippen molar-refractivity contribution >= 4 is 0 Å². The van der Waals surface area contributed by atoms with Crippen LogP contribution in [-0.4, -0.2) is 9.78 Å². The summed E-state index contributed by atoms with van der Waals surface area (Å²) >= 11 is 0. The van der Waals surface area contributed by atoms with Gasteiger partial charge in [0.05, 0.1) is 12.2 Å². The second-order valence-corrected chi connectivity index (χ2v) is 4.72. The summed E-state index contributed by atoms with van der Waals surface area (Å²) in [5, 5.41) is 4.62. The number of hydrogen-bond acceptors (Lipinski definition) is 2. The normalized spacial score (nSPS) is 19.0. The highest BCUT2D eigenvalue weighted by atomic mass is 15.3. The number of fused-ring (bicyclic) bond motifs is 1. The Labute approximate surface area is 101 Å². The van der Waals surface area contributed by atoms with Crippen molar-refractivity contribution < 1.29 is 0 Å². The first kappa shape index (κ1) is 10.5. The van der Waals surface area contributed by atoms with Crippen LogP contribution >= 0.6 is 0 Å². The van der Waals surface area contributed by atoms with Gasteiger partial charge in [-0.15, -0.1) is 0 Å². The Morgan fingerprint density at radius 2 is 2.12 bits per heavy atom. The Bertz CT molecular complexity index is 501. The molecule has 1 aliphatic carbocycles. The molecule has 3 nitrogen and oxygen atoms in total. The monoisotopic (exact) mass is 227 g/mol. The molecule has 2 aromatic rings. The fourth-order valence-corrected chi connectivity index (χ4v) is 2.48. The van der Waals surface area contributed by atoms with Crippen LogP contribution in [0.4, 0.5) is 0 Å². The summed E-state index contributed by atoms with van der Waals surface area (Å²) in [7, 11) is 0. The summed E-state index contributed by atoms with van der Waals surface area (Å²) in [6, 6.07) is 10.5. The van der Waals surface area contributed by atoms with E-state index in [1.54, 1.807) is 0 Å². The van der Waals surface area contributed by atoms with Gasteiger partial charge in [0.25, 0.3) is 0 Å². The summed E-state index contributed by atoms with van der Waals surface area (Å²) in [6.07, 6.45) is 5.53. The SMILES string of the molecule is NC1CCCc2cn(Cc3ccccc3)nc21. The second kappa shape index (κ2) is 4.34. The van der Waals surface area contributed by atoms with E-state index in [0.717, 1.165) is 25.1 Å². The van der Waals surface area contributed by atoms with Crippen LogP contribution in [0.25, 0.3) is 0 Å². The van der Waals surface area contributed by atoms with Gasteiger partial charge in [0.15, 0.2) is 0 Å². The van der Waals surface area contributed by atoms with Crippen molar-refractivity contribution in [2.24, 2.45) is 5.73 Å². The van der Waals surface area contributed by atoms with Crippen molar-refractivity contribution in [2.75, 3.05) is 0 Å². The first-order valence-corrected chi connectivity index (χ1v) is 6.18. The van der Waals surface area contributed by atoms with E-state index in [9.17, 15) is 0 Å². The van der Waals surface area contributed by atoms with E-state index in [4.69, 9.17) is 5.73 Å². The summed E-state index contributed by atoms with van der Waals surface area (Å²) < 4.78 is 2.02. The molecule has 1 unspecified atom stereocenters.